The van der Waals surface area contributed by atoms with Crippen LogP contribution in [-0.2, 0) is 0 Å². The normalized spacial score (nSPS) is 8.00. The molecule has 0 bridgehead atoms. The number of nitrogens with zero attached hydrogens (tertiary/aromatic N) is 1. The van der Waals surface area contributed by atoms with Gasteiger partial charge in [-0.15, -0.1) is 11.3 Å². The highest BCUT2D eigenvalue weighted by molar-refractivity contribution is 7.11. The van der Waals surface area contributed by atoms with E-state index in [4.69, 9.17) is 5.11 Å². The molecule has 1 aromatic heterocycles. The summed E-state index contributed by atoms with van der Waals surface area (Å²) in [6.07, 6.45) is 1.47. The molecule has 0 amide bonds. The molecular formula is C4H5MgNO2S. The van der Waals surface area contributed by atoms with Gasteiger partial charge in [0.15, 0.2) is 0 Å². The van der Waals surface area contributed by atoms with E-state index in [2.05, 4.69) is 4.98 Å². The van der Waals surface area contributed by atoms with E-state index in [1.807, 2.05) is 0 Å². The summed E-state index contributed by atoms with van der Waals surface area (Å²) < 4.78 is 0. The van der Waals surface area contributed by atoms with Crippen molar-refractivity contribution in [2.45, 2.75) is 0 Å². The molecule has 0 saturated heterocycles. The number of hydrogen-bond acceptors (Lipinski definition) is 3. The Balaban J connectivity index is 0.000000640. The summed E-state index contributed by atoms with van der Waals surface area (Å²) in [5.74, 6) is -0.958. The Morgan fingerprint density at radius 1 is 1.78 bits per heavy atom. The van der Waals surface area contributed by atoms with Gasteiger partial charge >= 0.3 is 29.0 Å². The van der Waals surface area contributed by atoms with Crippen LogP contribution in [0.1, 0.15) is 9.80 Å². The van der Waals surface area contributed by atoms with Crippen LogP contribution in [0.5, 0.6) is 0 Å². The third-order valence-corrected chi connectivity index (χ3v) is 1.38. The fraction of sp³-hybridized carbons (Fsp3) is 0. The minimum Gasteiger partial charge on any atom is -0.476 e. The van der Waals surface area contributed by atoms with Gasteiger partial charge in [0.25, 0.3) is 0 Å². The number of aromatic nitrogens is 1. The van der Waals surface area contributed by atoms with E-state index in [-0.39, 0.29) is 28.1 Å². The van der Waals surface area contributed by atoms with Gasteiger partial charge in [0, 0.05) is 11.6 Å². The zero-order valence-electron chi connectivity index (χ0n) is 3.87. The van der Waals surface area contributed by atoms with Crippen LogP contribution in [0.25, 0.3) is 0 Å². The van der Waals surface area contributed by atoms with Gasteiger partial charge in [-0.2, -0.15) is 0 Å². The molecule has 0 aliphatic rings. The topological polar surface area (TPSA) is 50.2 Å². The third-order valence-electron chi connectivity index (χ3n) is 0.615. The molecule has 0 unspecified atom stereocenters. The summed E-state index contributed by atoms with van der Waals surface area (Å²) in [7, 11) is 0. The van der Waals surface area contributed by atoms with E-state index < -0.39 is 5.97 Å². The van der Waals surface area contributed by atoms with Crippen LogP contribution in [0.3, 0.4) is 0 Å². The molecule has 0 radical (unpaired) electrons. The first-order chi connectivity index (χ1) is 3.80. The summed E-state index contributed by atoms with van der Waals surface area (Å²) in [5.41, 5.74) is 0. The molecular weight excluding hydrogens is 150 g/mol. The second-order valence-electron chi connectivity index (χ2n) is 1.14. The first-order valence-electron chi connectivity index (χ1n) is 1.93. The molecule has 1 aromatic rings. The second kappa shape index (κ2) is 3.81. The van der Waals surface area contributed by atoms with Crippen molar-refractivity contribution >= 4 is 40.4 Å². The average molecular weight is 155 g/mol. The highest BCUT2D eigenvalue weighted by Gasteiger charge is 2.01. The largest absolute Gasteiger partial charge is 0.476 e. The Kier molecular flexibility index (Phi) is 3.75. The monoisotopic (exact) mass is 155 g/mol. The summed E-state index contributed by atoms with van der Waals surface area (Å²) in [5, 5.41) is 9.99. The van der Waals surface area contributed by atoms with Gasteiger partial charge in [0.05, 0.1) is 0 Å². The lowest BCUT2D eigenvalue weighted by Gasteiger charge is -1.77. The quantitative estimate of drug-likeness (QED) is 0.578. The number of aromatic carboxylic acids is 1. The predicted molar refractivity (Wildman–Crippen MR) is 37.6 cm³/mol. The molecule has 0 saturated carbocycles. The lowest BCUT2D eigenvalue weighted by atomic mass is 10.7. The fourth-order valence-electron chi connectivity index (χ4n) is 0.329. The van der Waals surface area contributed by atoms with Gasteiger partial charge in [-0.25, -0.2) is 9.78 Å². The predicted octanol–water partition coefficient (Wildman–Crippen LogP) is -0.0749. The highest BCUT2D eigenvalue weighted by Crippen LogP contribution is 2.01. The average Bonchev–Trinajstić information content (AvgIpc) is 2.12. The van der Waals surface area contributed by atoms with E-state index in [1.54, 1.807) is 5.38 Å². The van der Waals surface area contributed by atoms with Crippen LogP contribution < -0.4 is 0 Å². The Morgan fingerprint density at radius 3 is 2.67 bits per heavy atom. The molecule has 0 atom stereocenters. The van der Waals surface area contributed by atoms with E-state index in [1.165, 1.54) is 6.20 Å². The van der Waals surface area contributed by atoms with Crippen molar-refractivity contribution in [1.29, 1.82) is 0 Å². The zero-order valence-corrected chi connectivity index (χ0v) is 4.68. The minimum atomic E-state index is -0.958. The van der Waals surface area contributed by atoms with Gasteiger partial charge in [-0.05, 0) is 0 Å². The van der Waals surface area contributed by atoms with Crippen LogP contribution in [0.15, 0.2) is 11.6 Å². The molecule has 1 heterocycles. The van der Waals surface area contributed by atoms with Crippen molar-refractivity contribution in [2.24, 2.45) is 0 Å². The van der Waals surface area contributed by atoms with Crippen molar-refractivity contribution in [3.05, 3.63) is 16.6 Å². The maximum atomic E-state index is 10.0. The molecule has 46 valence electrons. The van der Waals surface area contributed by atoms with Crippen LogP contribution in [0.2, 0.25) is 0 Å². The zero-order chi connectivity index (χ0) is 5.98. The van der Waals surface area contributed by atoms with Crippen molar-refractivity contribution in [3.8, 4) is 0 Å². The molecule has 0 aliphatic carbocycles. The van der Waals surface area contributed by atoms with Crippen molar-refractivity contribution in [1.82, 2.24) is 4.98 Å². The molecule has 0 aromatic carbocycles. The molecule has 5 heteroatoms. The van der Waals surface area contributed by atoms with Crippen molar-refractivity contribution in [3.63, 3.8) is 0 Å². The Morgan fingerprint density at radius 2 is 2.44 bits per heavy atom. The van der Waals surface area contributed by atoms with Crippen LogP contribution in [-0.4, -0.2) is 39.1 Å². The molecule has 1 N–H and O–H groups in total. The van der Waals surface area contributed by atoms with Gasteiger partial charge in [-0.3, -0.25) is 0 Å². The highest BCUT2D eigenvalue weighted by atomic mass is 32.1. The summed E-state index contributed by atoms with van der Waals surface area (Å²) in [6, 6.07) is 0. The Bertz CT molecular complexity index is 186. The number of carboxylic acid groups (broad SMARTS) is 1. The smallest absolute Gasteiger partial charge is 0.364 e. The molecule has 3 nitrogen and oxygen atoms in total. The summed E-state index contributed by atoms with van der Waals surface area (Å²) in [4.78, 5) is 13.5. The SMILES string of the molecule is O=C(O)c1nccs1.[MgH2]. The van der Waals surface area contributed by atoms with Crippen molar-refractivity contribution < 1.29 is 9.90 Å². The van der Waals surface area contributed by atoms with E-state index in [0.717, 1.165) is 11.3 Å². The summed E-state index contributed by atoms with van der Waals surface area (Å²) >= 11 is 1.12. The number of thiazole rings is 1. The van der Waals surface area contributed by atoms with E-state index in [0.29, 0.717) is 0 Å². The molecule has 1 rings (SSSR count). The number of carboxylic acids is 1. The van der Waals surface area contributed by atoms with Gasteiger partial charge in [0.1, 0.15) is 0 Å². The van der Waals surface area contributed by atoms with Crippen molar-refractivity contribution in [2.75, 3.05) is 0 Å². The lowest BCUT2D eigenvalue weighted by molar-refractivity contribution is 0.0696. The van der Waals surface area contributed by atoms with Crippen LogP contribution >= 0.6 is 11.3 Å². The summed E-state index contributed by atoms with van der Waals surface area (Å²) in [6.45, 7) is 0. The maximum Gasteiger partial charge on any atom is 0.364 e. The lowest BCUT2D eigenvalue weighted by Crippen LogP contribution is -1.92. The second-order valence-corrected chi connectivity index (χ2v) is 2.04. The van der Waals surface area contributed by atoms with E-state index in [9.17, 15) is 4.79 Å². The Labute approximate surface area is 71.9 Å². The molecule has 0 spiro atoms. The first kappa shape index (κ1) is 8.87. The number of hydrogen-bond donors (Lipinski definition) is 1. The first-order valence-corrected chi connectivity index (χ1v) is 2.81. The molecule has 0 aliphatic heterocycles. The maximum absolute atomic E-state index is 10.0. The molecule has 9 heavy (non-hydrogen) atoms. The van der Waals surface area contributed by atoms with Gasteiger partial charge < -0.3 is 5.11 Å². The van der Waals surface area contributed by atoms with Crippen LogP contribution in [0, 0.1) is 0 Å². The van der Waals surface area contributed by atoms with E-state index >= 15 is 0 Å². The standard InChI is InChI=1S/C4H3NO2S.Mg.2H/c6-4(7)3-5-1-2-8-3;;;/h1-2H,(H,6,7);;;. The Hall–Kier alpha value is -0.134. The fourth-order valence-corrected chi connectivity index (χ4v) is 0.802. The molecule has 0 fully saturated rings. The third kappa shape index (κ3) is 2.29. The minimum absolute atomic E-state index is 0. The van der Waals surface area contributed by atoms with Gasteiger partial charge in [0.2, 0.25) is 5.01 Å². The van der Waals surface area contributed by atoms with Crippen LogP contribution in [0.4, 0.5) is 0 Å². The van der Waals surface area contributed by atoms with Gasteiger partial charge in [-0.1, -0.05) is 0 Å². The number of carbonyl (C=O) groups is 1. The number of rotatable bonds is 1.